The monoisotopic (exact) mass is 343 g/mol. The van der Waals surface area contributed by atoms with Crippen molar-refractivity contribution in [2.75, 3.05) is 12.4 Å². The molecule has 110 valence electrons. The third-order valence-electron chi connectivity index (χ3n) is 2.88. The summed E-state index contributed by atoms with van der Waals surface area (Å²) < 4.78 is 5.09. The van der Waals surface area contributed by atoms with Crippen molar-refractivity contribution in [2.45, 2.75) is 6.92 Å². The maximum Gasteiger partial charge on any atom is 0.162 e. The second-order valence-electron chi connectivity index (χ2n) is 4.32. The molecule has 6 heteroatoms. The van der Waals surface area contributed by atoms with Crippen molar-refractivity contribution in [3.8, 4) is 5.75 Å². The molecule has 0 unspecified atom stereocenters. The van der Waals surface area contributed by atoms with E-state index in [1.54, 1.807) is 25.3 Å². The van der Waals surface area contributed by atoms with Crippen molar-refractivity contribution in [2.24, 2.45) is 0 Å². The van der Waals surface area contributed by atoms with Crippen molar-refractivity contribution in [1.29, 1.82) is 0 Å². The number of methoxy groups -OCH3 is 1. The molecule has 0 radical (unpaired) electrons. The molecule has 0 saturated heterocycles. The molecule has 0 aliphatic heterocycles. The fraction of sp³-hybridized carbons (Fsp3) is 0.133. The number of Topliss-reactive ketones (excluding diaryl/α,β-unsaturated/α-hetero) is 1. The summed E-state index contributed by atoms with van der Waals surface area (Å²) in [4.78, 5) is 11.7. The predicted octanol–water partition coefficient (Wildman–Crippen LogP) is 5.60. The summed E-state index contributed by atoms with van der Waals surface area (Å²) in [6.45, 7) is 1.39. The number of hydrogen-bond acceptors (Lipinski definition) is 3. The molecule has 0 atom stereocenters. The first-order valence-electron chi connectivity index (χ1n) is 6.03. The molecule has 0 fully saturated rings. The largest absolute Gasteiger partial charge is 0.497 e. The van der Waals surface area contributed by atoms with Crippen LogP contribution in [0.4, 0.5) is 11.4 Å². The lowest BCUT2D eigenvalue weighted by molar-refractivity contribution is 0.101. The first-order valence-corrected chi connectivity index (χ1v) is 7.17. The highest BCUT2D eigenvalue weighted by Gasteiger charge is 2.18. The average molecular weight is 345 g/mol. The number of hydrogen-bond donors (Lipinski definition) is 1. The molecule has 0 heterocycles. The minimum Gasteiger partial charge on any atom is -0.497 e. The van der Waals surface area contributed by atoms with Crippen molar-refractivity contribution >= 4 is 52.0 Å². The third kappa shape index (κ3) is 3.43. The summed E-state index contributed by atoms with van der Waals surface area (Å²) in [7, 11) is 1.59. The molecule has 0 saturated carbocycles. The van der Waals surface area contributed by atoms with E-state index in [9.17, 15) is 4.79 Å². The fourth-order valence-corrected chi connectivity index (χ4v) is 2.70. The van der Waals surface area contributed by atoms with Gasteiger partial charge in [-0.3, -0.25) is 4.79 Å². The maximum atomic E-state index is 11.7. The lowest BCUT2D eigenvalue weighted by Gasteiger charge is -2.13. The standard InChI is InChI=1S/C15H12Cl3NO2/c1-8(20)13-14(17)11(16)7-12(15(13)18)19-9-3-5-10(21-2)6-4-9/h3-7,19H,1-2H3. The van der Waals surface area contributed by atoms with Crippen LogP contribution in [0.15, 0.2) is 30.3 Å². The Morgan fingerprint density at radius 3 is 2.24 bits per heavy atom. The minimum absolute atomic E-state index is 0.162. The summed E-state index contributed by atoms with van der Waals surface area (Å²) in [5.41, 5.74) is 1.51. The van der Waals surface area contributed by atoms with Crippen LogP contribution in [-0.2, 0) is 0 Å². The zero-order chi connectivity index (χ0) is 15.6. The van der Waals surface area contributed by atoms with Crippen LogP contribution in [0.2, 0.25) is 15.1 Å². The number of carbonyl (C=O) groups is 1. The fourth-order valence-electron chi connectivity index (χ4n) is 1.83. The van der Waals surface area contributed by atoms with Crippen LogP contribution in [0.3, 0.4) is 0 Å². The molecule has 0 aliphatic carbocycles. The third-order valence-corrected chi connectivity index (χ3v) is 4.06. The Kier molecular flexibility index (Phi) is 4.99. The van der Waals surface area contributed by atoms with Gasteiger partial charge >= 0.3 is 0 Å². The van der Waals surface area contributed by atoms with Gasteiger partial charge in [-0.1, -0.05) is 34.8 Å². The van der Waals surface area contributed by atoms with E-state index in [0.29, 0.717) is 5.69 Å². The quantitative estimate of drug-likeness (QED) is 0.579. The first-order chi connectivity index (χ1) is 9.93. The van der Waals surface area contributed by atoms with Crippen LogP contribution in [0.1, 0.15) is 17.3 Å². The molecular formula is C15H12Cl3NO2. The Bertz CT molecular complexity index is 684. The number of carbonyl (C=O) groups excluding carboxylic acids is 1. The van der Waals surface area contributed by atoms with Gasteiger partial charge in [0.15, 0.2) is 5.78 Å². The highest BCUT2D eigenvalue weighted by atomic mass is 35.5. The van der Waals surface area contributed by atoms with Crippen molar-refractivity contribution < 1.29 is 9.53 Å². The lowest BCUT2D eigenvalue weighted by atomic mass is 10.1. The average Bonchev–Trinajstić information content (AvgIpc) is 2.45. The minimum atomic E-state index is -0.245. The van der Waals surface area contributed by atoms with Crippen LogP contribution >= 0.6 is 34.8 Å². The molecule has 1 N–H and O–H groups in total. The Labute approximate surface area is 137 Å². The van der Waals surface area contributed by atoms with Gasteiger partial charge in [-0.05, 0) is 37.3 Å². The maximum absolute atomic E-state index is 11.7. The molecule has 21 heavy (non-hydrogen) atoms. The van der Waals surface area contributed by atoms with E-state index in [4.69, 9.17) is 39.5 Å². The van der Waals surface area contributed by atoms with Crippen LogP contribution in [0.5, 0.6) is 5.75 Å². The lowest BCUT2D eigenvalue weighted by Crippen LogP contribution is -2.00. The SMILES string of the molecule is COc1ccc(Nc2cc(Cl)c(Cl)c(C(C)=O)c2Cl)cc1. The smallest absolute Gasteiger partial charge is 0.162 e. The molecule has 2 aromatic rings. The van der Waals surface area contributed by atoms with Gasteiger partial charge in [-0.25, -0.2) is 0 Å². The van der Waals surface area contributed by atoms with E-state index in [2.05, 4.69) is 5.32 Å². The summed E-state index contributed by atoms with van der Waals surface area (Å²) >= 11 is 18.3. The molecule has 3 nitrogen and oxygen atoms in total. The van der Waals surface area contributed by atoms with E-state index < -0.39 is 0 Å². The van der Waals surface area contributed by atoms with Gasteiger partial charge in [0, 0.05) is 5.69 Å². The Hall–Kier alpha value is -1.42. The number of ether oxygens (including phenoxy) is 1. The zero-order valence-corrected chi connectivity index (χ0v) is 13.6. The number of ketones is 1. The molecular weight excluding hydrogens is 333 g/mol. The number of nitrogens with one attached hydrogen (secondary N) is 1. The number of halogens is 3. The van der Waals surface area contributed by atoms with Gasteiger partial charge in [-0.15, -0.1) is 0 Å². The van der Waals surface area contributed by atoms with Gasteiger partial charge in [0.1, 0.15) is 5.75 Å². The van der Waals surface area contributed by atoms with E-state index in [1.807, 2.05) is 12.1 Å². The normalized spacial score (nSPS) is 10.3. The highest BCUT2D eigenvalue weighted by Crippen LogP contribution is 2.39. The number of benzene rings is 2. The van der Waals surface area contributed by atoms with E-state index in [0.717, 1.165) is 11.4 Å². The van der Waals surface area contributed by atoms with Gasteiger partial charge in [-0.2, -0.15) is 0 Å². The highest BCUT2D eigenvalue weighted by molar-refractivity contribution is 6.47. The second kappa shape index (κ2) is 6.56. The van der Waals surface area contributed by atoms with E-state index in [1.165, 1.54) is 6.92 Å². The van der Waals surface area contributed by atoms with Crippen molar-refractivity contribution in [3.05, 3.63) is 51.0 Å². The zero-order valence-electron chi connectivity index (χ0n) is 11.3. The molecule has 2 rings (SSSR count). The summed E-state index contributed by atoms with van der Waals surface area (Å²) in [6, 6.07) is 8.85. The van der Waals surface area contributed by atoms with Crippen LogP contribution in [-0.4, -0.2) is 12.9 Å². The van der Waals surface area contributed by atoms with E-state index in [-0.39, 0.29) is 26.4 Å². The Morgan fingerprint density at radius 1 is 1.10 bits per heavy atom. The van der Waals surface area contributed by atoms with Crippen LogP contribution in [0.25, 0.3) is 0 Å². The van der Waals surface area contributed by atoms with Crippen LogP contribution in [0, 0.1) is 0 Å². The molecule has 0 aliphatic rings. The first kappa shape index (κ1) is 16.0. The second-order valence-corrected chi connectivity index (χ2v) is 5.48. The summed E-state index contributed by atoms with van der Waals surface area (Å²) in [5.74, 6) is 0.496. The molecule has 0 amide bonds. The molecule has 0 spiro atoms. The predicted molar refractivity (Wildman–Crippen MR) is 87.8 cm³/mol. The van der Waals surface area contributed by atoms with E-state index >= 15 is 0 Å². The van der Waals surface area contributed by atoms with Gasteiger partial charge in [0.25, 0.3) is 0 Å². The van der Waals surface area contributed by atoms with Gasteiger partial charge < -0.3 is 10.1 Å². The summed E-state index contributed by atoms with van der Waals surface area (Å²) in [6.07, 6.45) is 0. The summed E-state index contributed by atoms with van der Waals surface area (Å²) in [5, 5.41) is 3.77. The number of anilines is 2. The molecule has 0 aromatic heterocycles. The van der Waals surface area contributed by atoms with Crippen molar-refractivity contribution in [1.82, 2.24) is 0 Å². The van der Waals surface area contributed by atoms with Crippen molar-refractivity contribution in [3.63, 3.8) is 0 Å². The Morgan fingerprint density at radius 2 is 1.71 bits per heavy atom. The molecule has 2 aromatic carbocycles. The number of rotatable bonds is 4. The molecule has 0 bridgehead atoms. The topological polar surface area (TPSA) is 38.3 Å². The van der Waals surface area contributed by atoms with Crippen LogP contribution < -0.4 is 10.1 Å². The van der Waals surface area contributed by atoms with Gasteiger partial charge in [0.05, 0.1) is 33.4 Å². The Balaban J connectivity index is 2.42. The van der Waals surface area contributed by atoms with Gasteiger partial charge in [0.2, 0.25) is 0 Å².